The van der Waals surface area contributed by atoms with Crippen LogP contribution in [0.15, 0.2) is 48.5 Å². The van der Waals surface area contributed by atoms with Gasteiger partial charge >= 0.3 is 6.09 Å². The maximum absolute atomic E-state index is 12.0. The van der Waals surface area contributed by atoms with E-state index < -0.39 is 6.09 Å². The van der Waals surface area contributed by atoms with Crippen LogP contribution in [0.2, 0.25) is 0 Å². The highest BCUT2D eigenvalue weighted by Crippen LogP contribution is 2.35. The summed E-state index contributed by atoms with van der Waals surface area (Å²) in [5.41, 5.74) is 2.59. The van der Waals surface area contributed by atoms with Crippen LogP contribution in [0.4, 0.5) is 4.79 Å². The van der Waals surface area contributed by atoms with Gasteiger partial charge in [-0.15, -0.1) is 0 Å². The number of hydrogen-bond donors (Lipinski definition) is 2. The Kier molecular flexibility index (Phi) is 4.78. The molecule has 1 aliphatic heterocycles. The van der Waals surface area contributed by atoms with E-state index in [9.17, 15) is 9.90 Å². The van der Waals surface area contributed by atoms with Crippen molar-refractivity contribution in [2.45, 2.75) is 25.7 Å². The van der Waals surface area contributed by atoms with Crippen LogP contribution in [0.1, 0.15) is 29.2 Å². The zero-order valence-electron chi connectivity index (χ0n) is 12.7. The third-order valence-electron chi connectivity index (χ3n) is 3.77. The van der Waals surface area contributed by atoms with Gasteiger partial charge in [0.15, 0.2) is 0 Å². The molecule has 0 aliphatic carbocycles. The number of ether oxygens (including phenoxy) is 2. The summed E-state index contributed by atoms with van der Waals surface area (Å²) in [5.74, 6) is 0.703. The monoisotopic (exact) mass is 313 g/mol. The van der Waals surface area contributed by atoms with E-state index in [-0.39, 0.29) is 12.7 Å². The van der Waals surface area contributed by atoms with Gasteiger partial charge in [-0.3, -0.25) is 0 Å². The smallest absolute Gasteiger partial charge is 0.408 e. The molecule has 1 amide bonds. The Balaban J connectivity index is 1.63. The first-order chi connectivity index (χ1) is 11.3. The molecule has 5 nitrogen and oxygen atoms in total. The highest BCUT2D eigenvalue weighted by Gasteiger charge is 2.25. The molecule has 23 heavy (non-hydrogen) atoms. The Bertz CT molecular complexity index is 672. The van der Waals surface area contributed by atoms with Crippen molar-refractivity contribution in [1.82, 2.24) is 5.32 Å². The van der Waals surface area contributed by atoms with Crippen LogP contribution >= 0.6 is 0 Å². The third-order valence-corrected chi connectivity index (χ3v) is 3.77. The minimum absolute atomic E-state index is 0.0554. The minimum atomic E-state index is -0.457. The van der Waals surface area contributed by atoms with Crippen LogP contribution in [0.3, 0.4) is 0 Å². The first-order valence-electron chi connectivity index (χ1n) is 7.61. The standard InChI is InChI=1S/C18H19NO4/c20-12-14-6-7-16-15(10-14)17(8-9-22-16)23-18(21)19-11-13-4-2-1-3-5-13/h1-7,10,17,20H,8-9,11-12H2,(H,19,21). The molecule has 2 aromatic carbocycles. The maximum Gasteiger partial charge on any atom is 0.408 e. The molecule has 0 spiro atoms. The van der Waals surface area contributed by atoms with E-state index in [4.69, 9.17) is 9.47 Å². The summed E-state index contributed by atoms with van der Waals surface area (Å²) in [5, 5.41) is 12.0. The Morgan fingerprint density at radius 2 is 2.04 bits per heavy atom. The Morgan fingerprint density at radius 3 is 2.83 bits per heavy atom. The van der Waals surface area contributed by atoms with Crippen molar-refractivity contribution in [2.75, 3.05) is 6.61 Å². The summed E-state index contributed by atoms with van der Waals surface area (Å²) in [6, 6.07) is 15.1. The molecule has 0 saturated heterocycles. The number of nitrogens with one attached hydrogen (secondary N) is 1. The van der Waals surface area contributed by atoms with Crippen LogP contribution in [0.25, 0.3) is 0 Å². The van der Waals surface area contributed by atoms with Crippen molar-refractivity contribution in [1.29, 1.82) is 0 Å². The fourth-order valence-corrected chi connectivity index (χ4v) is 2.57. The first kappa shape index (κ1) is 15.4. The number of carbonyl (C=O) groups excluding carboxylic acids is 1. The number of rotatable bonds is 4. The number of aliphatic hydroxyl groups is 1. The number of amides is 1. The molecule has 0 bridgehead atoms. The molecule has 5 heteroatoms. The van der Waals surface area contributed by atoms with Crippen LogP contribution in [0.5, 0.6) is 5.75 Å². The molecule has 120 valence electrons. The van der Waals surface area contributed by atoms with Crippen LogP contribution in [-0.2, 0) is 17.9 Å². The lowest BCUT2D eigenvalue weighted by atomic mass is 10.0. The molecule has 1 heterocycles. The molecule has 1 aliphatic rings. The highest BCUT2D eigenvalue weighted by molar-refractivity contribution is 5.67. The van der Waals surface area contributed by atoms with Crippen molar-refractivity contribution in [2.24, 2.45) is 0 Å². The van der Waals surface area contributed by atoms with E-state index in [1.807, 2.05) is 36.4 Å². The number of carbonyl (C=O) groups is 1. The largest absolute Gasteiger partial charge is 0.493 e. The second-order valence-electron chi connectivity index (χ2n) is 5.40. The average Bonchev–Trinajstić information content (AvgIpc) is 2.61. The highest BCUT2D eigenvalue weighted by atomic mass is 16.6. The molecule has 1 unspecified atom stereocenters. The first-order valence-corrected chi connectivity index (χ1v) is 7.61. The van der Waals surface area contributed by atoms with Crippen LogP contribution in [-0.4, -0.2) is 17.8 Å². The van der Waals surface area contributed by atoms with Crippen molar-refractivity contribution >= 4 is 6.09 Å². The number of alkyl carbamates (subject to hydrolysis) is 1. The minimum Gasteiger partial charge on any atom is -0.493 e. The maximum atomic E-state index is 12.0. The molecular formula is C18H19NO4. The normalized spacial score (nSPS) is 16.1. The lowest BCUT2D eigenvalue weighted by molar-refractivity contribution is 0.0692. The lowest BCUT2D eigenvalue weighted by Crippen LogP contribution is -2.27. The molecule has 2 N–H and O–H groups in total. The van der Waals surface area contributed by atoms with E-state index in [0.29, 0.717) is 25.3 Å². The summed E-state index contributed by atoms with van der Waals surface area (Å²) < 4.78 is 11.1. The Labute approximate surface area is 134 Å². The fourth-order valence-electron chi connectivity index (χ4n) is 2.57. The topological polar surface area (TPSA) is 67.8 Å². The van der Waals surface area contributed by atoms with E-state index in [0.717, 1.165) is 16.7 Å². The zero-order chi connectivity index (χ0) is 16.1. The second kappa shape index (κ2) is 7.15. The molecule has 0 saturated carbocycles. The van der Waals surface area contributed by atoms with Gasteiger partial charge in [0.1, 0.15) is 11.9 Å². The van der Waals surface area contributed by atoms with E-state index in [1.54, 1.807) is 12.1 Å². The van der Waals surface area contributed by atoms with Gasteiger partial charge in [0.2, 0.25) is 0 Å². The Hall–Kier alpha value is -2.53. The van der Waals surface area contributed by atoms with Crippen molar-refractivity contribution < 1.29 is 19.4 Å². The average molecular weight is 313 g/mol. The molecular weight excluding hydrogens is 294 g/mol. The van der Waals surface area contributed by atoms with E-state index >= 15 is 0 Å². The van der Waals surface area contributed by atoms with E-state index in [1.165, 1.54) is 0 Å². The molecule has 0 aromatic heterocycles. The summed E-state index contributed by atoms with van der Waals surface area (Å²) in [6.07, 6.45) is -0.220. The summed E-state index contributed by atoms with van der Waals surface area (Å²) >= 11 is 0. The Morgan fingerprint density at radius 1 is 1.22 bits per heavy atom. The third kappa shape index (κ3) is 3.81. The van der Waals surface area contributed by atoms with Crippen molar-refractivity contribution in [3.63, 3.8) is 0 Å². The van der Waals surface area contributed by atoms with Crippen molar-refractivity contribution in [3.8, 4) is 5.75 Å². The summed E-state index contributed by atoms with van der Waals surface area (Å²) in [6.45, 7) is 0.870. The number of benzene rings is 2. The van der Waals surface area contributed by atoms with Gasteiger partial charge in [-0.1, -0.05) is 36.4 Å². The van der Waals surface area contributed by atoms with Gasteiger partial charge in [-0.25, -0.2) is 4.79 Å². The lowest BCUT2D eigenvalue weighted by Gasteiger charge is -2.26. The molecule has 0 fully saturated rings. The number of hydrogen-bond acceptors (Lipinski definition) is 4. The van der Waals surface area contributed by atoms with Gasteiger partial charge in [-0.05, 0) is 23.3 Å². The van der Waals surface area contributed by atoms with Crippen LogP contribution < -0.4 is 10.1 Å². The molecule has 3 rings (SSSR count). The second-order valence-corrected chi connectivity index (χ2v) is 5.40. The van der Waals surface area contributed by atoms with Gasteiger partial charge in [-0.2, -0.15) is 0 Å². The number of fused-ring (bicyclic) bond motifs is 1. The summed E-state index contributed by atoms with van der Waals surface area (Å²) in [4.78, 5) is 12.0. The summed E-state index contributed by atoms with van der Waals surface area (Å²) in [7, 11) is 0. The van der Waals surface area contributed by atoms with Gasteiger partial charge in [0.25, 0.3) is 0 Å². The SMILES string of the molecule is O=C(NCc1ccccc1)OC1CCOc2ccc(CO)cc21. The predicted molar refractivity (Wildman–Crippen MR) is 85.0 cm³/mol. The molecule has 0 radical (unpaired) electrons. The van der Waals surface area contributed by atoms with Crippen LogP contribution in [0, 0.1) is 0 Å². The van der Waals surface area contributed by atoms with Crippen molar-refractivity contribution in [3.05, 3.63) is 65.2 Å². The van der Waals surface area contributed by atoms with Gasteiger partial charge < -0.3 is 19.9 Å². The molecule has 1 atom stereocenters. The van der Waals surface area contributed by atoms with Gasteiger partial charge in [0.05, 0.1) is 13.2 Å². The van der Waals surface area contributed by atoms with E-state index in [2.05, 4.69) is 5.32 Å². The number of aliphatic hydroxyl groups excluding tert-OH is 1. The van der Waals surface area contributed by atoms with Gasteiger partial charge in [0, 0.05) is 18.5 Å². The predicted octanol–water partition coefficient (Wildman–Crippen LogP) is 2.93. The fraction of sp³-hybridized carbons (Fsp3) is 0.278. The molecule has 2 aromatic rings. The quantitative estimate of drug-likeness (QED) is 0.910. The zero-order valence-corrected chi connectivity index (χ0v) is 12.7.